The van der Waals surface area contributed by atoms with Crippen molar-refractivity contribution >= 4 is 62.6 Å². The Bertz CT molecular complexity index is 3290. The molecule has 0 aromatic heterocycles. The largest absolute Gasteiger partial charge is 0.494 e. The Morgan fingerprint density at radius 2 is 0.667 bits per heavy atom. The monoisotopic (exact) mass is 1100 g/mol. The minimum absolute atomic E-state index is 0.0787. The van der Waals surface area contributed by atoms with E-state index < -0.39 is 0 Å². The number of benzene rings is 8. The predicted octanol–water partition coefficient (Wildman–Crippen LogP) is 19.9. The summed E-state index contributed by atoms with van der Waals surface area (Å²) in [6.07, 6.45) is 0. The third-order valence-corrected chi connectivity index (χ3v) is 20.8. The predicted molar refractivity (Wildman–Crippen MR) is 337 cm³/mol. The maximum atomic E-state index is 6.26. The van der Waals surface area contributed by atoms with Crippen molar-refractivity contribution in [1.82, 2.24) is 0 Å². The Morgan fingerprint density at radius 3 is 1.09 bits per heavy atom. The SMILES string of the molecule is Brc1ccccc1N(c1ccccc1)c1ccccc1.CC1(C)OB(c2ccc3c(c2)C(C)(C)C(C)(C)C3(C)C)OC1(C)C.CC1(C)c2ccc(-c3ccccc3N(c3ccccc3)c3ccccc3)cc2C(C)(C)C1(C)C. The van der Waals surface area contributed by atoms with Crippen molar-refractivity contribution in [2.45, 2.75) is 144 Å². The minimum Gasteiger partial charge on any atom is -0.399 e. The number of fused-ring (bicyclic) bond motifs is 2. The first-order valence-electron chi connectivity index (χ1n) is 28.0. The van der Waals surface area contributed by atoms with Gasteiger partial charge in [-0.2, -0.15) is 0 Å². The number of anilines is 6. The molecule has 78 heavy (non-hydrogen) atoms. The molecule has 1 aliphatic heterocycles. The lowest BCUT2D eigenvalue weighted by Gasteiger charge is -2.44. The first-order chi connectivity index (χ1) is 36.7. The number of nitrogens with zero attached hydrogens (tertiary/aromatic N) is 2. The molecule has 0 atom stereocenters. The summed E-state index contributed by atoms with van der Waals surface area (Å²) in [5.41, 5.74) is 16.6. The third kappa shape index (κ3) is 9.68. The van der Waals surface area contributed by atoms with E-state index in [0.29, 0.717) is 0 Å². The van der Waals surface area contributed by atoms with Gasteiger partial charge in [0.25, 0.3) is 0 Å². The van der Waals surface area contributed by atoms with Crippen LogP contribution < -0.4 is 15.3 Å². The molecule has 1 fully saturated rings. The van der Waals surface area contributed by atoms with E-state index in [-0.39, 0.29) is 50.8 Å². The Hall–Kier alpha value is -6.18. The summed E-state index contributed by atoms with van der Waals surface area (Å²) in [7, 11) is -0.289. The van der Waals surface area contributed by atoms with Crippen LogP contribution in [0.2, 0.25) is 0 Å². The van der Waals surface area contributed by atoms with Crippen LogP contribution in [0.15, 0.2) is 211 Å². The van der Waals surface area contributed by atoms with Crippen LogP contribution in [0.25, 0.3) is 11.1 Å². The van der Waals surface area contributed by atoms with E-state index in [1.807, 2.05) is 18.2 Å². The molecule has 0 spiro atoms. The van der Waals surface area contributed by atoms with Gasteiger partial charge in [-0.1, -0.05) is 223 Å². The lowest BCUT2D eigenvalue weighted by molar-refractivity contribution is 0.00578. The lowest BCUT2D eigenvalue weighted by Crippen LogP contribution is -2.42. The number of rotatable bonds is 8. The van der Waals surface area contributed by atoms with E-state index in [2.05, 4.69) is 325 Å². The van der Waals surface area contributed by atoms with E-state index in [1.54, 1.807) is 0 Å². The summed E-state index contributed by atoms with van der Waals surface area (Å²) in [4.78, 5) is 4.60. The Balaban J connectivity index is 0.000000148. The van der Waals surface area contributed by atoms with Gasteiger partial charge < -0.3 is 19.1 Å². The molecule has 8 aromatic rings. The fraction of sp³-hybridized carbons (Fsp3) is 0.333. The Labute approximate surface area is 477 Å². The fourth-order valence-corrected chi connectivity index (χ4v) is 12.6. The van der Waals surface area contributed by atoms with Gasteiger partial charge in [-0.25, -0.2) is 0 Å². The number of hydrogen-bond donors (Lipinski definition) is 0. The van der Waals surface area contributed by atoms with Crippen LogP contribution in [-0.2, 0) is 31.0 Å². The van der Waals surface area contributed by atoms with E-state index in [9.17, 15) is 0 Å². The molecule has 0 saturated carbocycles. The van der Waals surface area contributed by atoms with Crippen molar-refractivity contribution in [3.8, 4) is 11.1 Å². The highest BCUT2D eigenvalue weighted by molar-refractivity contribution is 9.10. The molecule has 1 saturated heterocycles. The second-order valence-electron chi connectivity index (χ2n) is 25.9. The molecular weight excluding hydrogens is 1020 g/mol. The average Bonchev–Trinajstić information content (AvgIpc) is 4.01. The zero-order valence-electron chi connectivity index (χ0n) is 49.3. The number of hydrogen-bond acceptors (Lipinski definition) is 4. The molecule has 3 aliphatic rings. The second kappa shape index (κ2) is 20.8. The van der Waals surface area contributed by atoms with Crippen LogP contribution in [0.5, 0.6) is 0 Å². The smallest absolute Gasteiger partial charge is 0.399 e. The molecule has 2 aliphatic carbocycles. The first-order valence-corrected chi connectivity index (χ1v) is 28.8. The minimum atomic E-state index is -0.301. The number of halogens is 1. The molecule has 11 rings (SSSR count). The fourth-order valence-electron chi connectivity index (χ4n) is 12.1. The summed E-state index contributed by atoms with van der Waals surface area (Å²) in [5, 5.41) is 0. The van der Waals surface area contributed by atoms with Crippen LogP contribution in [0.4, 0.5) is 34.1 Å². The van der Waals surface area contributed by atoms with Crippen LogP contribution in [0.3, 0.4) is 0 Å². The van der Waals surface area contributed by atoms with Gasteiger partial charge in [-0.15, -0.1) is 0 Å². The van der Waals surface area contributed by atoms with Gasteiger partial charge in [0.15, 0.2) is 0 Å². The van der Waals surface area contributed by atoms with E-state index in [1.165, 1.54) is 39.1 Å². The molecule has 8 aromatic carbocycles. The highest BCUT2D eigenvalue weighted by Gasteiger charge is 2.59. The van der Waals surface area contributed by atoms with Crippen molar-refractivity contribution in [3.05, 3.63) is 233 Å². The molecule has 0 amide bonds. The van der Waals surface area contributed by atoms with E-state index >= 15 is 0 Å². The van der Waals surface area contributed by atoms with Crippen LogP contribution >= 0.6 is 15.9 Å². The molecule has 402 valence electrons. The van der Waals surface area contributed by atoms with Gasteiger partial charge in [-0.05, 0) is 176 Å². The van der Waals surface area contributed by atoms with Crippen molar-refractivity contribution in [2.75, 3.05) is 9.80 Å². The summed E-state index contributed by atoms with van der Waals surface area (Å²) in [6.45, 7) is 37.2. The molecule has 6 heteroatoms. The molecule has 0 N–H and O–H groups in total. The third-order valence-electron chi connectivity index (χ3n) is 20.1. The Kier molecular flexibility index (Phi) is 15.1. The molecule has 1 heterocycles. The molecule has 0 unspecified atom stereocenters. The lowest BCUT2D eigenvalue weighted by atomic mass is 9.59. The number of para-hydroxylation sites is 6. The maximum Gasteiger partial charge on any atom is 0.494 e. The first kappa shape index (κ1) is 56.5. The van der Waals surface area contributed by atoms with Crippen molar-refractivity contribution in [1.29, 1.82) is 0 Å². The quantitative estimate of drug-likeness (QED) is 0.142. The van der Waals surface area contributed by atoms with E-state index in [4.69, 9.17) is 9.31 Å². The highest BCUT2D eigenvalue weighted by Crippen LogP contribution is 2.63. The van der Waals surface area contributed by atoms with Crippen molar-refractivity contribution in [2.24, 2.45) is 10.8 Å². The highest BCUT2D eigenvalue weighted by atomic mass is 79.9. The molecule has 0 radical (unpaired) electrons. The Morgan fingerprint density at radius 1 is 0.333 bits per heavy atom. The summed E-state index contributed by atoms with van der Waals surface area (Å²) < 4.78 is 13.6. The molecule has 0 bridgehead atoms. The molecular formula is C72H82BBrN2O2. The normalized spacial score (nSPS) is 18.8. The maximum absolute atomic E-state index is 6.26. The topological polar surface area (TPSA) is 24.9 Å². The van der Waals surface area contributed by atoms with Crippen molar-refractivity contribution < 1.29 is 9.31 Å². The van der Waals surface area contributed by atoms with Crippen LogP contribution in [0, 0.1) is 10.8 Å². The van der Waals surface area contributed by atoms with Crippen LogP contribution in [-0.4, -0.2) is 18.3 Å². The van der Waals surface area contributed by atoms with Crippen LogP contribution in [0.1, 0.15) is 133 Å². The zero-order valence-corrected chi connectivity index (χ0v) is 50.9. The zero-order chi connectivity index (χ0) is 56.3. The van der Waals surface area contributed by atoms with Gasteiger partial charge in [0.1, 0.15) is 0 Å². The molecule has 4 nitrogen and oxygen atoms in total. The summed E-state index contributed by atoms with van der Waals surface area (Å²) >= 11 is 3.65. The van der Waals surface area contributed by atoms with Gasteiger partial charge in [0, 0.05) is 32.8 Å². The van der Waals surface area contributed by atoms with Gasteiger partial charge in [-0.3, -0.25) is 0 Å². The average molecular weight is 1100 g/mol. The van der Waals surface area contributed by atoms with Gasteiger partial charge >= 0.3 is 7.12 Å². The van der Waals surface area contributed by atoms with Gasteiger partial charge in [0.05, 0.1) is 22.6 Å². The van der Waals surface area contributed by atoms with Gasteiger partial charge in [0.2, 0.25) is 0 Å². The van der Waals surface area contributed by atoms with E-state index in [0.717, 1.165) is 38.4 Å². The van der Waals surface area contributed by atoms with Crippen molar-refractivity contribution in [3.63, 3.8) is 0 Å². The second-order valence-corrected chi connectivity index (χ2v) is 26.7. The summed E-state index contributed by atoms with van der Waals surface area (Å²) in [5.74, 6) is 0. The summed E-state index contributed by atoms with van der Waals surface area (Å²) in [6, 6.07) is 73.1. The standard InChI is InChI=1S/C33H35N.C21H33BO2.C18H14BrN/c1-31(2)28-22-21-24(23-29(28)32(3,4)33(31,5)6)27-19-13-14-20-30(27)34(25-15-9-7-10-16-25)26-17-11-8-12-18-26;1-17(2)15-12-11-14(13-16(15)18(3,4)19(17,5)6)22-23-20(7,8)21(9,10)24-22;19-17-13-7-8-14-18(17)20(15-9-3-1-4-10-15)16-11-5-2-6-12-16/h7-23H,1-6H3;11-13H,1-10H3;1-14H.